The lowest BCUT2D eigenvalue weighted by Crippen LogP contribution is -2.13. The Morgan fingerprint density at radius 1 is 1.10 bits per heavy atom. The predicted molar refractivity (Wildman–Crippen MR) is 107 cm³/mol. The van der Waals surface area contributed by atoms with Crippen molar-refractivity contribution < 1.29 is 13.7 Å². The Kier molecular flexibility index (Phi) is 5.11. The van der Waals surface area contributed by atoms with E-state index in [1.165, 1.54) is 18.2 Å². The average Bonchev–Trinajstić information content (AvgIpc) is 3.24. The number of nitrogens with one attached hydrogen (secondary N) is 1. The number of hydrogen-bond acceptors (Lipinski definition) is 5. The van der Waals surface area contributed by atoms with Gasteiger partial charge in [-0.15, -0.1) is 0 Å². The second-order valence-corrected chi connectivity index (χ2v) is 6.30. The zero-order valence-electron chi connectivity index (χ0n) is 15.6. The van der Waals surface area contributed by atoms with Gasteiger partial charge in [0.25, 0.3) is 11.8 Å². The van der Waals surface area contributed by atoms with Crippen molar-refractivity contribution in [1.29, 1.82) is 0 Å². The third-order valence-electron chi connectivity index (χ3n) is 4.40. The minimum absolute atomic E-state index is 0.0259. The summed E-state index contributed by atoms with van der Waals surface area (Å²) in [6.07, 6.45) is 2.47. The first-order valence-electron chi connectivity index (χ1n) is 9.10. The van der Waals surface area contributed by atoms with Crippen LogP contribution in [0.4, 0.5) is 10.1 Å². The van der Waals surface area contributed by atoms with Gasteiger partial charge in [-0.25, -0.2) is 4.39 Å². The molecule has 0 atom stereocenters. The predicted octanol–water partition coefficient (Wildman–Crippen LogP) is 4.75. The molecule has 4 aromatic rings. The second-order valence-electron chi connectivity index (χ2n) is 6.30. The summed E-state index contributed by atoms with van der Waals surface area (Å²) in [5.74, 6) is -0.408. The number of rotatable bonds is 5. The van der Waals surface area contributed by atoms with Crippen LogP contribution in [0.5, 0.6) is 0 Å². The minimum Gasteiger partial charge on any atom is -0.332 e. The van der Waals surface area contributed by atoms with E-state index in [1.54, 1.807) is 36.5 Å². The summed E-state index contributed by atoms with van der Waals surface area (Å²) >= 11 is 0. The molecule has 0 bridgehead atoms. The van der Waals surface area contributed by atoms with Gasteiger partial charge in [0.1, 0.15) is 11.5 Å². The van der Waals surface area contributed by atoms with Crippen LogP contribution in [0, 0.1) is 5.82 Å². The van der Waals surface area contributed by atoms with Gasteiger partial charge in [-0.05, 0) is 42.3 Å². The van der Waals surface area contributed by atoms with E-state index in [1.807, 2.05) is 19.1 Å². The highest BCUT2D eigenvalue weighted by atomic mass is 19.1. The summed E-state index contributed by atoms with van der Waals surface area (Å²) < 4.78 is 19.2. The lowest BCUT2D eigenvalue weighted by molar-refractivity contribution is 0.102. The number of benzene rings is 2. The number of pyridine rings is 1. The van der Waals surface area contributed by atoms with E-state index in [9.17, 15) is 9.18 Å². The zero-order chi connectivity index (χ0) is 20.2. The molecule has 0 fully saturated rings. The maximum Gasteiger partial charge on any atom is 0.277 e. The van der Waals surface area contributed by atoms with Crippen LogP contribution in [-0.4, -0.2) is 21.0 Å². The van der Waals surface area contributed by atoms with Crippen LogP contribution in [0.2, 0.25) is 0 Å². The first-order valence-corrected chi connectivity index (χ1v) is 9.10. The molecule has 0 unspecified atom stereocenters. The van der Waals surface area contributed by atoms with Crippen LogP contribution >= 0.6 is 0 Å². The third-order valence-corrected chi connectivity index (χ3v) is 4.40. The van der Waals surface area contributed by atoms with E-state index < -0.39 is 11.7 Å². The van der Waals surface area contributed by atoms with Crippen molar-refractivity contribution in [3.63, 3.8) is 0 Å². The summed E-state index contributed by atoms with van der Waals surface area (Å²) in [5.41, 5.74) is 2.78. The Labute approximate surface area is 166 Å². The molecule has 2 aromatic heterocycles. The van der Waals surface area contributed by atoms with E-state index in [0.717, 1.165) is 12.0 Å². The number of amides is 1. The molecule has 1 amide bonds. The van der Waals surface area contributed by atoms with Crippen molar-refractivity contribution in [3.8, 4) is 23.0 Å². The molecule has 6 nitrogen and oxygen atoms in total. The SMILES string of the molecule is CCc1cccnc1-c1nc(-c2cccc(NC(=O)c3ccccc3F)c2)no1. The van der Waals surface area contributed by atoms with Gasteiger partial charge in [-0.2, -0.15) is 4.98 Å². The van der Waals surface area contributed by atoms with Crippen LogP contribution < -0.4 is 5.32 Å². The van der Waals surface area contributed by atoms with Gasteiger partial charge in [0.15, 0.2) is 0 Å². The summed E-state index contributed by atoms with van der Waals surface area (Å²) in [6, 6.07) is 16.6. The molecule has 144 valence electrons. The number of nitrogens with zero attached hydrogens (tertiary/aromatic N) is 3. The van der Waals surface area contributed by atoms with Gasteiger partial charge in [-0.3, -0.25) is 9.78 Å². The molecule has 0 spiro atoms. The van der Waals surface area contributed by atoms with Gasteiger partial charge in [0.05, 0.1) is 5.56 Å². The van der Waals surface area contributed by atoms with E-state index in [0.29, 0.717) is 28.7 Å². The molecule has 2 aromatic carbocycles. The molecule has 0 aliphatic carbocycles. The molecule has 0 aliphatic heterocycles. The third kappa shape index (κ3) is 3.89. The van der Waals surface area contributed by atoms with Crippen LogP contribution in [0.25, 0.3) is 23.0 Å². The number of aromatic nitrogens is 3. The maximum atomic E-state index is 13.8. The van der Waals surface area contributed by atoms with Crippen LogP contribution in [0.1, 0.15) is 22.8 Å². The smallest absolute Gasteiger partial charge is 0.277 e. The van der Waals surface area contributed by atoms with Gasteiger partial charge >= 0.3 is 0 Å². The lowest BCUT2D eigenvalue weighted by Gasteiger charge is -2.07. The minimum atomic E-state index is -0.578. The van der Waals surface area contributed by atoms with Gasteiger partial charge in [0, 0.05) is 17.4 Å². The van der Waals surface area contributed by atoms with Crippen molar-refractivity contribution in [1.82, 2.24) is 15.1 Å². The monoisotopic (exact) mass is 388 g/mol. The summed E-state index contributed by atoms with van der Waals surface area (Å²) in [4.78, 5) is 21.1. The van der Waals surface area contributed by atoms with Crippen molar-refractivity contribution in [3.05, 3.63) is 83.8 Å². The molecule has 0 radical (unpaired) electrons. The molecule has 0 saturated heterocycles. The van der Waals surface area contributed by atoms with Crippen molar-refractivity contribution >= 4 is 11.6 Å². The standard InChI is InChI=1S/C22H17FN4O2/c1-2-14-8-6-12-24-19(14)22-26-20(27-29-22)15-7-5-9-16(13-15)25-21(28)17-10-3-4-11-18(17)23/h3-13H,2H2,1H3,(H,25,28). The number of halogens is 1. The van der Waals surface area contributed by atoms with E-state index in [-0.39, 0.29) is 5.56 Å². The largest absolute Gasteiger partial charge is 0.332 e. The Balaban J connectivity index is 1.59. The number of carbonyl (C=O) groups is 1. The number of hydrogen-bond donors (Lipinski definition) is 1. The summed E-state index contributed by atoms with van der Waals surface area (Å²) in [5, 5.41) is 6.72. The quantitative estimate of drug-likeness (QED) is 0.533. The molecular formula is C22H17FN4O2. The van der Waals surface area contributed by atoms with E-state index >= 15 is 0 Å². The summed E-state index contributed by atoms with van der Waals surface area (Å²) in [6.45, 7) is 2.03. The fraction of sp³-hybridized carbons (Fsp3) is 0.0909. The molecule has 1 N–H and O–H groups in total. The fourth-order valence-corrected chi connectivity index (χ4v) is 2.93. The highest BCUT2D eigenvalue weighted by Crippen LogP contribution is 2.25. The molecule has 2 heterocycles. The molecule has 29 heavy (non-hydrogen) atoms. The normalized spacial score (nSPS) is 10.7. The highest BCUT2D eigenvalue weighted by Gasteiger charge is 2.16. The van der Waals surface area contributed by atoms with Gasteiger partial charge < -0.3 is 9.84 Å². The molecule has 0 aliphatic rings. The van der Waals surface area contributed by atoms with Crippen LogP contribution in [0.3, 0.4) is 0 Å². The molecular weight excluding hydrogens is 371 g/mol. The van der Waals surface area contributed by atoms with E-state index in [4.69, 9.17) is 4.52 Å². The van der Waals surface area contributed by atoms with Crippen molar-refractivity contribution in [2.24, 2.45) is 0 Å². The van der Waals surface area contributed by atoms with Crippen LogP contribution in [-0.2, 0) is 6.42 Å². The van der Waals surface area contributed by atoms with Crippen molar-refractivity contribution in [2.75, 3.05) is 5.32 Å². The zero-order valence-corrected chi connectivity index (χ0v) is 15.6. The lowest BCUT2D eigenvalue weighted by atomic mass is 10.1. The fourth-order valence-electron chi connectivity index (χ4n) is 2.93. The van der Waals surface area contributed by atoms with E-state index in [2.05, 4.69) is 20.4 Å². The average molecular weight is 388 g/mol. The number of aryl methyl sites for hydroxylation is 1. The van der Waals surface area contributed by atoms with Gasteiger partial charge in [0.2, 0.25) is 5.82 Å². The van der Waals surface area contributed by atoms with Gasteiger partial charge in [-0.1, -0.05) is 42.4 Å². The second kappa shape index (κ2) is 8.02. The number of carbonyl (C=O) groups excluding carboxylic acids is 1. The first kappa shape index (κ1) is 18.5. The Bertz CT molecular complexity index is 1170. The number of anilines is 1. The van der Waals surface area contributed by atoms with Crippen LogP contribution in [0.15, 0.2) is 71.4 Å². The molecule has 7 heteroatoms. The molecule has 4 rings (SSSR count). The Morgan fingerprint density at radius 3 is 2.79 bits per heavy atom. The summed E-state index contributed by atoms with van der Waals surface area (Å²) in [7, 11) is 0. The van der Waals surface area contributed by atoms with Crippen molar-refractivity contribution in [2.45, 2.75) is 13.3 Å². The Morgan fingerprint density at radius 2 is 1.97 bits per heavy atom. The topological polar surface area (TPSA) is 80.9 Å². The first-order chi connectivity index (χ1) is 14.2. The maximum absolute atomic E-state index is 13.8. The highest BCUT2D eigenvalue weighted by molar-refractivity contribution is 6.04. The Hall–Kier alpha value is -3.87. The molecule has 0 saturated carbocycles.